The Kier molecular flexibility index (Phi) is 3.52. The Hall–Kier alpha value is -0.890. The molecule has 0 saturated carbocycles. The van der Waals surface area contributed by atoms with E-state index in [0.717, 1.165) is 24.5 Å². The summed E-state index contributed by atoms with van der Waals surface area (Å²) in [5, 5.41) is 0. The molecule has 0 aromatic heterocycles. The summed E-state index contributed by atoms with van der Waals surface area (Å²) >= 11 is 1.96. The van der Waals surface area contributed by atoms with Crippen LogP contribution in [0.1, 0.15) is 12.0 Å². The lowest BCUT2D eigenvalue weighted by Crippen LogP contribution is -2.01. The minimum atomic E-state index is 0.825. The molecule has 0 amide bonds. The fraction of sp³-hybridized carbons (Fsp3) is 0.333. The normalized spacial score (nSPS) is 21.3. The van der Waals surface area contributed by atoms with Crippen molar-refractivity contribution in [3.8, 4) is 0 Å². The van der Waals surface area contributed by atoms with Crippen LogP contribution in [-0.4, -0.2) is 18.1 Å². The molecule has 1 aromatic rings. The minimum absolute atomic E-state index is 0.825. The number of hydrogen-bond donors (Lipinski definition) is 0. The summed E-state index contributed by atoms with van der Waals surface area (Å²) in [6.07, 6.45) is 3.30. The van der Waals surface area contributed by atoms with Crippen molar-refractivity contribution in [2.45, 2.75) is 6.42 Å². The van der Waals surface area contributed by atoms with Gasteiger partial charge in [-0.2, -0.15) is 11.8 Å². The Bertz CT molecular complexity index is 305. The summed E-state index contributed by atoms with van der Waals surface area (Å²) in [6, 6.07) is 10.3. The monoisotopic (exact) mass is 206 g/mol. The average molecular weight is 206 g/mol. The van der Waals surface area contributed by atoms with Crippen LogP contribution in [0, 0.1) is 0 Å². The summed E-state index contributed by atoms with van der Waals surface area (Å²) in [5.41, 5.74) is 1.19. The number of thioether (sulfide) groups is 1. The van der Waals surface area contributed by atoms with E-state index in [-0.39, 0.29) is 0 Å². The van der Waals surface area contributed by atoms with Crippen molar-refractivity contribution in [2.75, 3.05) is 18.1 Å². The van der Waals surface area contributed by atoms with Crippen molar-refractivity contribution in [3.05, 3.63) is 42.0 Å². The standard InChI is InChI=1S/C12H14OS/c1-2-5-11(6-3-1)12-7-4-9-14-10-8-13-12/h1-3,5-7H,4,8-10H2/b12-7-. The highest BCUT2D eigenvalue weighted by Gasteiger charge is 2.04. The van der Waals surface area contributed by atoms with E-state index in [0.29, 0.717) is 0 Å². The fourth-order valence-corrected chi connectivity index (χ4v) is 2.14. The quantitative estimate of drug-likeness (QED) is 0.698. The van der Waals surface area contributed by atoms with E-state index in [1.54, 1.807) is 0 Å². The van der Waals surface area contributed by atoms with E-state index in [9.17, 15) is 0 Å². The van der Waals surface area contributed by atoms with Gasteiger partial charge in [-0.15, -0.1) is 0 Å². The topological polar surface area (TPSA) is 9.23 Å². The number of benzene rings is 1. The average Bonchev–Trinajstić information content (AvgIpc) is 2.18. The van der Waals surface area contributed by atoms with Gasteiger partial charge in [0.2, 0.25) is 0 Å². The number of hydrogen-bond acceptors (Lipinski definition) is 2. The van der Waals surface area contributed by atoms with Gasteiger partial charge < -0.3 is 4.74 Å². The first-order chi connectivity index (χ1) is 6.97. The first-order valence-corrected chi connectivity index (χ1v) is 6.08. The van der Waals surface area contributed by atoms with Gasteiger partial charge in [0.15, 0.2) is 0 Å². The van der Waals surface area contributed by atoms with Crippen LogP contribution in [0.15, 0.2) is 36.4 Å². The molecular formula is C12H14OS. The fourth-order valence-electron chi connectivity index (χ4n) is 1.45. The van der Waals surface area contributed by atoms with E-state index in [1.165, 1.54) is 11.3 Å². The summed E-state index contributed by atoms with van der Waals surface area (Å²) < 4.78 is 5.71. The highest BCUT2D eigenvalue weighted by molar-refractivity contribution is 7.99. The molecule has 0 fully saturated rings. The van der Waals surface area contributed by atoms with Gasteiger partial charge in [0.1, 0.15) is 5.76 Å². The predicted octanol–water partition coefficient (Wildman–Crippen LogP) is 3.18. The van der Waals surface area contributed by atoms with Crippen LogP contribution in [0.4, 0.5) is 0 Å². The van der Waals surface area contributed by atoms with Gasteiger partial charge in [-0.05, 0) is 18.2 Å². The van der Waals surface area contributed by atoms with Gasteiger partial charge in [-0.3, -0.25) is 0 Å². The molecule has 0 unspecified atom stereocenters. The molecule has 0 radical (unpaired) electrons. The molecule has 0 N–H and O–H groups in total. The zero-order valence-electron chi connectivity index (χ0n) is 8.11. The zero-order chi connectivity index (χ0) is 9.64. The van der Waals surface area contributed by atoms with Crippen LogP contribution in [0.5, 0.6) is 0 Å². The van der Waals surface area contributed by atoms with E-state index in [1.807, 2.05) is 30.0 Å². The molecule has 0 spiro atoms. The summed E-state index contributed by atoms with van der Waals surface area (Å²) in [5.74, 6) is 3.36. The SMILES string of the molecule is C1=C(/c2ccccc2)OCCSCC/1. The van der Waals surface area contributed by atoms with Gasteiger partial charge in [0, 0.05) is 11.3 Å². The molecule has 1 heterocycles. The molecule has 2 rings (SSSR count). The van der Waals surface area contributed by atoms with Gasteiger partial charge in [-0.1, -0.05) is 30.3 Å². The zero-order valence-corrected chi connectivity index (χ0v) is 8.93. The lowest BCUT2D eigenvalue weighted by molar-refractivity contribution is 0.300. The number of allylic oxidation sites excluding steroid dienone is 1. The third-order valence-electron chi connectivity index (χ3n) is 2.14. The smallest absolute Gasteiger partial charge is 0.122 e. The Morgan fingerprint density at radius 1 is 1.07 bits per heavy atom. The Morgan fingerprint density at radius 3 is 2.79 bits per heavy atom. The Balaban J connectivity index is 2.15. The van der Waals surface area contributed by atoms with E-state index >= 15 is 0 Å². The Labute approximate surface area is 89.2 Å². The summed E-state index contributed by atoms with van der Waals surface area (Å²) in [7, 11) is 0. The maximum absolute atomic E-state index is 5.71. The lowest BCUT2D eigenvalue weighted by atomic mass is 10.1. The molecule has 1 aliphatic rings. The molecule has 74 valence electrons. The second kappa shape index (κ2) is 5.11. The maximum Gasteiger partial charge on any atom is 0.122 e. The van der Waals surface area contributed by atoms with E-state index in [2.05, 4.69) is 18.2 Å². The van der Waals surface area contributed by atoms with Crippen molar-refractivity contribution in [1.29, 1.82) is 0 Å². The molecule has 0 bridgehead atoms. The van der Waals surface area contributed by atoms with Crippen LogP contribution >= 0.6 is 11.8 Å². The summed E-state index contributed by atoms with van der Waals surface area (Å²) in [6.45, 7) is 0.825. The maximum atomic E-state index is 5.71. The number of rotatable bonds is 1. The Morgan fingerprint density at radius 2 is 1.93 bits per heavy atom. The molecule has 0 aliphatic carbocycles. The van der Waals surface area contributed by atoms with Crippen LogP contribution in [-0.2, 0) is 4.74 Å². The number of ether oxygens (including phenoxy) is 1. The molecule has 0 saturated heterocycles. The largest absolute Gasteiger partial charge is 0.492 e. The first-order valence-electron chi connectivity index (χ1n) is 4.93. The third-order valence-corrected chi connectivity index (χ3v) is 3.12. The van der Waals surface area contributed by atoms with Crippen LogP contribution in [0.3, 0.4) is 0 Å². The predicted molar refractivity (Wildman–Crippen MR) is 62.3 cm³/mol. The molecule has 1 aromatic carbocycles. The summed E-state index contributed by atoms with van der Waals surface area (Å²) in [4.78, 5) is 0. The van der Waals surface area contributed by atoms with Crippen molar-refractivity contribution in [2.24, 2.45) is 0 Å². The minimum Gasteiger partial charge on any atom is -0.492 e. The van der Waals surface area contributed by atoms with Gasteiger partial charge in [0.25, 0.3) is 0 Å². The highest BCUT2D eigenvalue weighted by Crippen LogP contribution is 2.19. The molecule has 1 aliphatic heterocycles. The van der Waals surface area contributed by atoms with Crippen LogP contribution in [0.25, 0.3) is 5.76 Å². The molecule has 2 heteroatoms. The van der Waals surface area contributed by atoms with Crippen molar-refractivity contribution >= 4 is 17.5 Å². The molecule has 14 heavy (non-hydrogen) atoms. The third kappa shape index (κ3) is 2.55. The van der Waals surface area contributed by atoms with Gasteiger partial charge in [-0.25, -0.2) is 0 Å². The van der Waals surface area contributed by atoms with Crippen molar-refractivity contribution in [3.63, 3.8) is 0 Å². The first kappa shape index (κ1) is 9.66. The van der Waals surface area contributed by atoms with Crippen molar-refractivity contribution < 1.29 is 4.74 Å². The van der Waals surface area contributed by atoms with Crippen LogP contribution in [0.2, 0.25) is 0 Å². The molecular weight excluding hydrogens is 192 g/mol. The molecule has 1 nitrogen and oxygen atoms in total. The highest BCUT2D eigenvalue weighted by atomic mass is 32.2. The van der Waals surface area contributed by atoms with E-state index in [4.69, 9.17) is 4.74 Å². The second-order valence-electron chi connectivity index (χ2n) is 3.18. The van der Waals surface area contributed by atoms with Crippen LogP contribution < -0.4 is 0 Å². The molecule has 0 atom stereocenters. The van der Waals surface area contributed by atoms with Crippen molar-refractivity contribution in [1.82, 2.24) is 0 Å². The van der Waals surface area contributed by atoms with E-state index < -0.39 is 0 Å². The van der Waals surface area contributed by atoms with Gasteiger partial charge >= 0.3 is 0 Å². The lowest BCUT2D eigenvalue weighted by Gasteiger charge is -2.13. The second-order valence-corrected chi connectivity index (χ2v) is 4.41. The van der Waals surface area contributed by atoms with Gasteiger partial charge in [0.05, 0.1) is 6.61 Å².